The molecule has 1 aliphatic heterocycles. The van der Waals surface area contributed by atoms with Gasteiger partial charge in [-0.25, -0.2) is 0 Å². The third-order valence-electron chi connectivity index (χ3n) is 1.96. The van der Waals surface area contributed by atoms with Gasteiger partial charge in [-0.3, -0.25) is 14.6 Å². The van der Waals surface area contributed by atoms with Gasteiger partial charge in [0.15, 0.2) is 17.3 Å². The van der Waals surface area contributed by atoms with Gasteiger partial charge < -0.3 is 10.2 Å². The summed E-state index contributed by atoms with van der Waals surface area (Å²) in [6, 6.07) is 0. The van der Waals surface area contributed by atoms with Crippen LogP contribution in [0.25, 0.3) is 0 Å². The van der Waals surface area contributed by atoms with E-state index in [9.17, 15) is 14.7 Å². The largest absolute Gasteiger partial charge is 0.504 e. The summed E-state index contributed by atoms with van der Waals surface area (Å²) < 4.78 is 0. The molecule has 0 radical (unpaired) electrons. The topological polar surface area (TPSA) is 87.0 Å². The van der Waals surface area contributed by atoms with E-state index in [0.29, 0.717) is 0 Å². The van der Waals surface area contributed by atoms with Crippen LogP contribution in [0, 0.1) is 0 Å². The molecule has 0 amide bonds. The van der Waals surface area contributed by atoms with Crippen LogP contribution < -0.4 is 0 Å². The standard InChI is InChI=1S/C8H5NO4/c10-5-3-1-9-2-4(5)7(12)8(13)6(3)11/h1,11-12H,2H2. The first-order valence-electron chi connectivity index (χ1n) is 3.57. The summed E-state index contributed by atoms with van der Waals surface area (Å²) in [6.45, 7) is -0.00676. The van der Waals surface area contributed by atoms with E-state index >= 15 is 0 Å². The van der Waals surface area contributed by atoms with Gasteiger partial charge in [0.25, 0.3) is 5.78 Å². The second-order valence-electron chi connectivity index (χ2n) is 2.72. The van der Waals surface area contributed by atoms with Crippen molar-refractivity contribution in [1.82, 2.24) is 0 Å². The van der Waals surface area contributed by atoms with Gasteiger partial charge in [0.2, 0.25) is 0 Å². The Bertz CT molecular complexity index is 414. The maximum Gasteiger partial charge on any atom is 0.262 e. The number of carbonyl (C=O) groups excluding carboxylic acids is 2. The first-order chi connectivity index (χ1) is 6.13. The van der Waals surface area contributed by atoms with E-state index in [1.807, 2.05) is 0 Å². The van der Waals surface area contributed by atoms with E-state index in [0.717, 1.165) is 6.21 Å². The number of allylic oxidation sites excluding steroid dienone is 1. The summed E-state index contributed by atoms with van der Waals surface area (Å²) in [7, 11) is 0. The van der Waals surface area contributed by atoms with Crippen molar-refractivity contribution in [3.8, 4) is 0 Å². The minimum atomic E-state index is -0.907. The molecule has 0 spiro atoms. The predicted octanol–water partition coefficient (Wildman–Crippen LogP) is -0.153. The number of hydrogen-bond donors (Lipinski definition) is 2. The highest BCUT2D eigenvalue weighted by molar-refractivity contribution is 6.32. The molecule has 1 heterocycles. The van der Waals surface area contributed by atoms with Gasteiger partial charge in [0.1, 0.15) is 0 Å². The number of aliphatic imine (C=N–C) groups is 1. The van der Waals surface area contributed by atoms with Crippen LogP contribution in [-0.4, -0.2) is 34.5 Å². The van der Waals surface area contributed by atoms with E-state index in [1.54, 1.807) is 0 Å². The fraction of sp³-hybridized carbons (Fsp3) is 0.125. The Morgan fingerprint density at radius 2 is 1.85 bits per heavy atom. The zero-order chi connectivity index (χ0) is 9.59. The van der Waals surface area contributed by atoms with Crippen molar-refractivity contribution in [3.63, 3.8) is 0 Å². The zero-order valence-electron chi connectivity index (χ0n) is 6.44. The van der Waals surface area contributed by atoms with E-state index in [2.05, 4.69) is 4.99 Å². The molecule has 0 unspecified atom stereocenters. The molecule has 66 valence electrons. The fourth-order valence-corrected chi connectivity index (χ4v) is 1.24. The van der Waals surface area contributed by atoms with Crippen LogP contribution in [0.5, 0.6) is 0 Å². The highest BCUT2D eigenvalue weighted by Gasteiger charge is 2.35. The Morgan fingerprint density at radius 1 is 1.15 bits per heavy atom. The quantitative estimate of drug-likeness (QED) is 0.506. The third-order valence-corrected chi connectivity index (χ3v) is 1.96. The normalized spacial score (nSPS) is 21.5. The second-order valence-corrected chi connectivity index (χ2v) is 2.72. The first-order valence-corrected chi connectivity index (χ1v) is 3.57. The molecule has 0 saturated carbocycles. The van der Waals surface area contributed by atoms with E-state index < -0.39 is 23.1 Å². The number of hydrogen-bond acceptors (Lipinski definition) is 5. The highest BCUT2D eigenvalue weighted by atomic mass is 16.3. The Hall–Kier alpha value is -1.91. The lowest BCUT2D eigenvalue weighted by Crippen LogP contribution is -2.28. The monoisotopic (exact) mass is 179 g/mol. The summed E-state index contributed by atoms with van der Waals surface area (Å²) in [6.07, 6.45) is 1.14. The summed E-state index contributed by atoms with van der Waals surface area (Å²) in [5.74, 6) is -2.85. The van der Waals surface area contributed by atoms with Crippen molar-refractivity contribution in [3.05, 3.63) is 22.7 Å². The number of nitrogens with zero attached hydrogens (tertiary/aromatic N) is 1. The van der Waals surface area contributed by atoms with Crippen molar-refractivity contribution in [2.75, 3.05) is 6.54 Å². The molecule has 0 saturated heterocycles. The van der Waals surface area contributed by atoms with Gasteiger partial charge >= 0.3 is 0 Å². The molecule has 2 rings (SSSR count). The van der Waals surface area contributed by atoms with Gasteiger partial charge in [-0.2, -0.15) is 0 Å². The molecule has 0 aromatic carbocycles. The molecule has 0 fully saturated rings. The van der Waals surface area contributed by atoms with Crippen LogP contribution in [0.3, 0.4) is 0 Å². The number of carbonyl (C=O) groups is 2. The van der Waals surface area contributed by atoms with Gasteiger partial charge in [-0.15, -0.1) is 0 Å². The fourth-order valence-electron chi connectivity index (χ4n) is 1.24. The van der Waals surface area contributed by atoms with Crippen LogP contribution in [0.1, 0.15) is 0 Å². The van der Waals surface area contributed by atoms with E-state index in [4.69, 9.17) is 5.11 Å². The van der Waals surface area contributed by atoms with Crippen molar-refractivity contribution >= 4 is 17.8 Å². The molecule has 2 bridgehead atoms. The molecular weight excluding hydrogens is 174 g/mol. The second kappa shape index (κ2) is 2.29. The number of ketones is 2. The molecular formula is C8H5NO4. The first kappa shape index (κ1) is 7.72. The molecule has 1 aliphatic carbocycles. The molecule has 0 atom stereocenters. The molecule has 0 aromatic heterocycles. The minimum absolute atomic E-state index is 0.00676. The summed E-state index contributed by atoms with van der Waals surface area (Å²) in [5, 5.41) is 18.3. The Labute approximate surface area is 72.7 Å². The lowest BCUT2D eigenvalue weighted by Gasteiger charge is -2.17. The highest BCUT2D eigenvalue weighted by Crippen LogP contribution is 2.23. The number of fused-ring (bicyclic) bond motifs is 2. The minimum Gasteiger partial charge on any atom is -0.504 e. The predicted molar refractivity (Wildman–Crippen MR) is 42.7 cm³/mol. The number of aliphatic hydroxyl groups is 2. The summed E-state index contributed by atoms with van der Waals surface area (Å²) in [5.41, 5.74) is -0.177. The molecule has 0 aromatic rings. The van der Waals surface area contributed by atoms with Gasteiger partial charge in [-0.1, -0.05) is 0 Å². The van der Waals surface area contributed by atoms with E-state index in [-0.39, 0.29) is 17.7 Å². The lowest BCUT2D eigenvalue weighted by atomic mass is 9.91. The Balaban J connectivity index is 2.73. The van der Waals surface area contributed by atoms with Crippen LogP contribution in [-0.2, 0) is 9.59 Å². The molecule has 5 nitrogen and oxygen atoms in total. The average Bonchev–Trinajstić information content (AvgIpc) is 2.13. The maximum atomic E-state index is 11.3. The molecule has 2 aliphatic rings. The summed E-state index contributed by atoms with van der Waals surface area (Å²) >= 11 is 0. The zero-order valence-corrected chi connectivity index (χ0v) is 6.44. The van der Waals surface area contributed by atoms with Crippen LogP contribution in [0.15, 0.2) is 27.7 Å². The van der Waals surface area contributed by atoms with Gasteiger partial charge in [0.05, 0.1) is 17.7 Å². The molecule has 2 N–H and O–H groups in total. The SMILES string of the molecule is O=C1C(O)=C2C=NCC(=C1O)C2=O. The smallest absolute Gasteiger partial charge is 0.262 e. The lowest BCUT2D eigenvalue weighted by molar-refractivity contribution is -0.120. The van der Waals surface area contributed by atoms with Crippen molar-refractivity contribution < 1.29 is 19.8 Å². The van der Waals surface area contributed by atoms with Crippen LogP contribution in [0.2, 0.25) is 0 Å². The van der Waals surface area contributed by atoms with Crippen molar-refractivity contribution in [1.29, 1.82) is 0 Å². The molecule has 5 heteroatoms. The average molecular weight is 179 g/mol. The van der Waals surface area contributed by atoms with Gasteiger partial charge in [-0.05, 0) is 0 Å². The van der Waals surface area contributed by atoms with Gasteiger partial charge in [0, 0.05) is 6.21 Å². The number of Topliss-reactive ketones (excluding diaryl/α,β-unsaturated/α-hetero) is 2. The number of aliphatic hydroxyl groups excluding tert-OH is 2. The van der Waals surface area contributed by atoms with Crippen molar-refractivity contribution in [2.45, 2.75) is 0 Å². The van der Waals surface area contributed by atoms with Crippen LogP contribution in [0.4, 0.5) is 0 Å². The maximum absolute atomic E-state index is 11.3. The van der Waals surface area contributed by atoms with Crippen LogP contribution >= 0.6 is 0 Å². The Kier molecular flexibility index (Phi) is 1.36. The van der Waals surface area contributed by atoms with Crippen molar-refractivity contribution in [2.24, 2.45) is 4.99 Å². The number of rotatable bonds is 0. The Morgan fingerprint density at radius 3 is 2.54 bits per heavy atom. The third kappa shape index (κ3) is 0.837. The summed E-state index contributed by atoms with van der Waals surface area (Å²) in [4.78, 5) is 26.1. The van der Waals surface area contributed by atoms with E-state index in [1.165, 1.54) is 0 Å². The molecule has 13 heavy (non-hydrogen) atoms.